The van der Waals surface area contributed by atoms with Gasteiger partial charge in [-0.3, -0.25) is 4.79 Å². The fourth-order valence-electron chi connectivity index (χ4n) is 3.90. The summed E-state index contributed by atoms with van der Waals surface area (Å²) in [5.74, 6) is -0.827. The third-order valence-corrected chi connectivity index (χ3v) is 8.38. The molecular weight excluding hydrogens is 475 g/mol. The van der Waals surface area contributed by atoms with Gasteiger partial charge in [0.2, 0.25) is 15.9 Å². The van der Waals surface area contributed by atoms with Gasteiger partial charge in [-0.1, -0.05) is 36.4 Å². The maximum absolute atomic E-state index is 13.5. The van der Waals surface area contributed by atoms with Crippen LogP contribution < -0.4 is 0 Å². The number of ether oxygens (including phenoxy) is 1. The van der Waals surface area contributed by atoms with Gasteiger partial charge in [0.15, 0.2) is 0 Å². The van der Waals surface area contributed by atoms with Crippen molar-refractivity contribution in [2.45, 2.75) is 36.9 Å². The lowest BCUT2D eigenvalue weighted by molar-refractivity contribution is -0.132. The first-order valence-corrected chi connectivity index (χ1v) is 13.5. The average molecular weight is 503 g/mol. The maximum Gasteiger partial charge on any atom is 0.243 e. The van der Waals surface area contributed by atoms with Crippen LogP contribution in [0.15, 0.2) is 77.0 Å². The maximum atomic E-state index is 13.5. The Labute approximate surface area is 203 Å². The van der Waals surface area contributed by atoms with Gasteiger partial charge >= 0.3 is 0 Å². The second kappa shape index (κ2) is 11.2. The minimum Gasteiger partial charge on any atom is -0.377 e. The quantitative estimate of drug-likeness (QED) is 0.415. The molecule has 9 heteroatoms. The third kappa shape index (κ3) is 6.29. The lowest BCUT2D eigenvalue weighted by atomic mass is 10.2. The molecule has 180 valence electrons. The Bertz CT molecular complexity index is 1160. The van der Waals surface area contributed by atoms with Crippen molar-refractivity contribution in [3.05, 3.63) is 88.4 Å². The molecule has 1 saturated heterocycles. The number of carbonyl (C=O) groups excluding carboxylic acids is 1. The van der Waals surface area contributed by atoms with Crippen LogP contribution >= 0.6 is 11.3 Å². The second-order valence-corrected chi connectivity index (χ2v) is 11.2. The van der Waals surface area contributed by atoms with Gasteiger partial charge in [-0.05, 0) is 54.1 Å². The predicted octanol–water partition coefficient (Wildman–Crippen LogP) is 4.29. The number of amides is 1. The first-order valence-electron chi connectivity index (χ1n) is 11.1. The van der Waals surface area contributed by atoms with E-state index >= 15 is 0 Å². The van der Waals surface area contributed by atoms with Gasteiger partial charge in [-0.15, -0.1) is 11.3 Å². The van der Waals surface area contributed by atoms with Crippen molar-refractivity contribution in [2.24, 2.45) is 0 Å². The minimum absolute atomic E-state index is 0.0486. The molecule has 3 aromatic rings. The standard InChI is InChI=1S/C25H27FN2O4S2/c26-21-10-12-24(13-11-21)34(30,31)28(17-22-8-4-14-32-22)19-25(29)27(18-23-9-5-15-33-23)16-20-6-2-1-3-7-20/h1-3,5-7,9-13,15,22H,4,8,14,16-19H2/t22-/m1/s1. The number of thiophene rings is 1. The molecule has 4 rings (SSSR count). The molecule has 0 spiro atoms. The Morgan fingerprint density at radius 1 is 1.03 bits per heavy atom. The molecular formula is C25H27FN2O4S2. The summed E-state index contributed by atoms with van der Waals surface area (Å²) in [6.45, 7) is 1.07. The summed E-state index contributed by atoms with van der Waals surface area (Å²) in [4.78, 5) is 16.1. The first-order chi connectivity index (χ1) is 16.4. The van der Waals surface area contributed by atoms with Crippen LogP contribution in [0.1, 0.15) is 23.3 Å². The van der Waals surface area contributed by atoms with E-state index in [1.54, 1.807) is 16.2 Å². The molecule has 1 amide bonds. The molecule has 34 heavy (non-hydrogen) atoms. The predicted molar refractivity (Wildman–Crippen MR) is 129 cm³/mol. The summed E-state index contributed by atoms with van der Waals surface area (Å²) in [6.07, 6.45) is 1.30. The van der Waals surface area contributed by atoms with E-state index in [4.69, 9.17) is 4.74 Å². The number of benzene rings is 2. The van der Waals surface area contributed by atoms with E-state index in [1.807, 2.05) is 47.8 Å². The van der Waals surface area contributed by atoms with Crippen molar-refractivity contribution in [3.8, 4) is 0 Å². The highest BCUT2D eigenvalue weighted by Crippen LogP contribution is 2.22. The smallest absolute Gasteiger partial charge is 0.243 e. The number of nitrogens with zero attached hydrogens (tertiary/aromatic N) is 2. The van der Waals surface area contributed by atoms with E-state index in [1.165, 1.54) is 16.4 Å². The largest absolute Gasteiger partial charge is 0.377 e. The molecule has 1 aliphatic heterocycles. The average Bonchev–Trinajstić information content (AvgIpc) is 3.53. The van der Waals surface area contributed by atoms with Crippen molar-refractivity contribution < 1.29 is 22.3 Å². The highest BCUT2D eigenvalue weighted by atomic mass is 32.2. The van der Waals surface area contributed by atoms with Gasteiger partial charge in [-0.2, -0.15) is 4.31 Å². The van der Waals surface area contributed by atoms with Crippen LogP contribution in [0.2, 0.25) is 0 Å². The Hall–Kier alpha value is -2.59. The molecule has 0 saturated carbocycles. The lowest BCUT2D eigenvalue weighted by Crippen LogP contribution is -2.45. The summed E-state index contributed by atoms with van der Waals surface area (Å²) in [7, 11) is -4.03. The summed E-state index contributed by atoms with van der Waals surface area (Å²) in [5, 5.41) is 1.95. The normalized spacial score (nSPS) is 16.1. The van der Waals surface area contributed by atoms with E-state index in [9.17, 15) is 17.6 Å². The molecule has 2 aromatic carbocycles. The Balaban J connectivity index is 1.59. The van der Waals surface area contributed by atoms with Crippen LogP contribution in [0, 0.1) is 5.82 Å². The molecule has 1 aliphatic rings. The number of sulfonamides is 1. The van der Waals surface area contributed by atoms with Gasteiger partial charge in [0.25, 0.3) is 0 Å². The molecule has 1 atom stereocenters. The van der Waals surface area contributed by atoms with Gasteiger partial charge in [-0.25, -0.2) is 12.8 Å². The molecule has 0 unspecified atom stereocenters. The van der Waals surface area contributed by atoms with Gasteiger partial charge in [0.1, 0.15) is 5.82 Å². The fourth-order valence-corrected chi connectivity index (χ4v) is 6.04. The fraction of sp³-hybridized carbons (Fsp3) is 0.320. The third-order valence-electron chi connectivity index (χ3n) is 5.69. The van der Waals surface area contributed by atoms with Crippen molar-refractivity contribution in [1.29, 1.82) is 0 Å². The number of rotatable bonds is 10. The van der Waals surface area contributed by atoms with Crippen LogP contribution in [0.25, 0.3) is 0 Å². The zero-order chi connectivity index (χ0) is 24.0. The highest BCUT2D eigenvalue weighted by molar-refractivity contribution is 7.89. The molecule has 0 radical (unpaired) electrons. The molecule has 6 nitrogen and oxygen atoms in total. The Morgan fingerprint density at radius 2 is 1.79 bits per heavy atom. The summed E-state index contributed by atoms with van der Waals surface area (Å²) >= 11 is 1.55. The van der Waals surface area contributed by atoms with Crippen LogP contribution in [0.4, 0.5) is 4.39 Å². The van der Waals surface area contributed by atoms with Crippen molar-refractivity contribution >= 4 is 27.3 Å². The minimum atomic E-state index is -4.03. The summed E-state index contributed by atoms with van der Waals surface area (Å²) in [5.41, 5.74) is 0.958. The van der Waals surface area contributed by atoms with Crippen LogP contribution in [0.5, 0.6) is 0 Å². The summed E-state index contributed by atoms with van der Waals surface area (Å²) in [6, 6.07) is 18.2. The topological polar surface area (TPSA) is 66.9 Å². The van der Waals surface area contributed by atoms with Crippen LogP contribution in [0.3, 0.4) is 0 Å². The molecule has 0 aliphatic carbocycles. The number of halogens is 1. The van der Waals surface area contributed by atoms with Crippen molar-refractivity contribution in [2.75, 3.05) is 19.7 Å². The van der Waals surface area contributed by atoms with Gasteiger partial charge in [0.05, 0.1) is 24.1 Å². The number of hydrogen-bond acceptors (Lipinski definition) is 5. The van der Waals surface area contributed by atoms with Gasteiger partial charge < -0.3 is 9.64 Å². The van der Waals surface area contributed by atoms with E-state index < -0.39 is 15.8 Å². The van der Waals surface area contributed by atoms with Crippen LogP contribution in [-0.2, 0) is 32.6 Å². The lowest BCUT2D eigenvalue weighted by Gasteiger charge is -2.28. The number of hydrogen-bond donors (Lipinski definition) is 0. The molecule has 2 heterocycles. The van der Waals surface area contributed by atoms with E-state index in [-0.39, 0.29) is 30.0 Å². The molecule has 0 bridgehead atoms. The highest BCUT2D eigenvalue weighted by Gasteiger charge is 2.32. The number of carbonyl (C=O) groups is 1. The van der Waals surface area contributed by atoms with Crippen LogP contribution in [-0.4, -0.2) is 49.3 Å². The SMILES string of the molecule is O=C(CN(C[C@H]1CCCO1)S(=O)(=O)c1ccc(F)cc1)N(Cc1ccccc1)Cc1cccs1. The molecule has 1 fully saturated rings. The van der Waals surface area contributed by atoms with E-state index in [0.29, 0.717) is 19.7 Å². The van der Waals surface area contributed by atoms with Crippen molar-refractivity contribution in [3.63, 3.8) is 0 Å². The zero-order valence-corrected chi connectivity index (χ0v) is 20.3. The Kier molecular flexibility index (Phi) is 8.10. The van der Waals surface area contributed by atoms with Gasteiger partial charge in [0, 0.05) is 24.6 Å². The molecule has 0 N–H and O–H groups in total. The zero-order valence-electron chi connectivity index (χ0n) is 18.7. The molecule has 1 aromatic heterocycles. The summed E-state index contributed by atoms with van der Waals surface area (Å²) < 4.78 is 47.1. The Morgan fingerprint density at radius 3 is 2.44 bits per heavy atom. The van der Waals surface area contributed by atoms with E-state index in [0.717, 1.165) is 35.4 Å². The first kappa shape index (κ1) is 24.5. The second-order valence-electron chi connectivity index (χ2n) is 8.20. The monoisotopic (exact) mass is 502 g/mol. The van der Waals surface area contributed by atoms with E-state index in [2.05, 4.69) is 0 Å². The van der Waals surface area contributed by atoms with Crippen molar-refractivity contribution in [1.82, 2.24) is 9.21 Å².